The minimum Gasteiger partial charge on any atom is -0.352 e. The quantitative estimate of drug-likeness (QED) is 0.257. The average Bonchev–Trinajstić information content (AvgIpc) is 2.95. The van der Waals surface area contributed by atoms with Crippen LogP contribution < -0.4 is 9.62 Å². The van der Waals surface area contributed by atoms with Gasteiger partial charge in [0.1, 0.15) is 12.6 Å². The maximum atomic E-state index is 14.2. The molecular weight excluding hydrogens is 617 g/mol. The highest BCUT2D eigenvalue weighted by molar-refractivity contribution is 7.92. The zero-order chi connectivity index (χ0) is 30.3. The van der Waals surface area contributed by atoms with Crippen molar-refractivity contribution in [3.05, 3.63) is 99.0 Å². The van der Waals surface area contributed by atoms with Gasteiger partial charge in [-0.05, 0) is 48.2 Å². The van der Waals surface area contributed by atoms with E-state index in [2.05, 4.69) is 5.32 Å². The number of para-hydroxylation sites is 1. The second-order valence-corrected chi connectivity index (χ2v) is 13.7. The first-order chi connectivity index (χ1) is 20.0. The molecule has 11 heteroatoms. The molecule has 42 heavy (non-hydrogen) atoms. The van der Waals surface area contributed by atoms with Crippen LogP contribution in [0.5, 0.6) is 0 Å². The lowest BCUT2D eigenvalue weighted by atomic mass is 9.94. The molecule has 1 aliphatic carbocycles. The predicted octanol–water partition coefficient (Wildman–Crippen LogP) is 6.50. The van der Waals surface area contributed by atoms with Gasteiger partial charge in [0.25, 0.3) is 0 Å². The van der Waals surface area contributed by atoms with Crippen molar-refractivity contribution in [1.29, 1.82) is 0 Å². The van der Waals surface area contributed by atoms with Crippen molar-refractivity contribution in [3.8, 4) is 0 Å². The molecule has 0 bridgehead atoms. The van der Waals surface area contributed by atoms with Gasteiger partial charge in [0.05, 0.1) is 17.0 Å². The van der Waals surface area contributed by atoms with Gasteiger partial charge in [-0.15, -0.1) is 0 Å². The average molecular weight is 651 g/mol. The van der Waals surface area contributed by atoms with E-state index in [4.69, 9.17) is 34.8 Å². The topological polar surface area (TPSA) is 86.8 Å². The molecular formula is C31H34Cl3N3O4S. The van der Waals surface area contributed by atoms with Crippen molar-refractivity contribution in [2.45, 2.75) is 57.2 Å². The van der Waals surface area contributed by atoms with Crippen molar-refractivity contribution in [2.75, 3.05) is 17.1 Å². The lowest BCUT2D eigenvalue weighted by Crippen LogP contribution is -2.55. The number of hydrogen-bond acceptors (Lipinski definition) is 4. The van der Waals surface area contributed by atoms with Crippen LogP contribution in [0, 0.1) is 0 Å². The summed E-state index contributed by atoms with van der Waals surface area (Å²) in [5, 5.41) is 4.11. The van der Waals surface area contributed by atoms with Gasteiger partial charge < -0.3 is 10.2 Å². The third kappa shape index (κ3) is 8.63. The van der Waals surface area contributed by atoms with Gasteiger partial charge >= 0.3 is 0 Å². The number of carbonyl (C=O) groups excluding carboxylic acids is 2. The van der Waals surface area contributed by atoms with E-state index in [0.29, 0.717) is 15.6 Å². The van der Waals surface area contributed by atoms with Crippen LogP contribution in [0.4, 0.5) is 5.69 Å². The molecule has 0 radical (unpaired) electrons. The maximum Gasteiger partial charge on any atom is 0.244 e. The summed E-state index contributed by atoms with van der Waals surface area (Å²) in [6.07, 6.45) is 6.16. The van der Waals surface area contributed by atoms with E-state index in [-0.39, 0.29) is 35.6 Å². The van der Waals surface area contributed by atoms with Gasteiger partial charge in [0.2, 0.25) is 21.8 Å². The SMILES string of the molecule is CS(=O)(=O)N(CC(=O)N(Cc1ccc(Cl)cc1Cl)C(Cc1ccccc1)C(=O)NC1CCCCC1)c1ccccc1Cl. The first kappa shape index (κ1) is 32.1. The summed E-state index contributed by atoms with van der Waals surface area (Å²) in [4.78, 5) is 29.6. The van der Waals surface area contributed by atoms with Crippen LogP contribution in [0.25, 0.3) is 0 Å². The molecule has 0 aliphatic heterocycles. The Hall–Kier alpha value is -2.78. The van der Waals surface area contributed by atoms with E-state index >= 15 is 0 Å². The Morgan fingerprint density at radius 3 is 2.21 bits per heavy atom. The highest BCUT2D eigenvalue weighted by Gasteiger charge is 2.34. The Morgan fingerprint density at radius 1 is 0.905 bits per heavy atom. The highest BCUT2D eigenvalue weighted by atomic mass is 35.5. The smallest absolute Gasteiger partial charge is 0.244 e. The van der Waals surface area contributed by atoms with Crippen LogP contribution in [-0.2, 0) is 32.6 Å². The lowest BCUT2D eigenvalue weighted by molar-refractivity contribution is -0.140. The molecule has 0 spiro atoms. The third-order valence-electron chi connectivity index (χ3n) is 7.38. The molecule has 0 heterocycles. The molecule has 7 nitrogen and oxygen atoms in total. The second-order valence-electron chi connectivity index (χ2n) is 10.5. The van der Waals surface area contributed by atoms with Crippen LogP contribution in [0.2, 0.25) is 15.1 Å². The number of hydrogen-bond donors (Lipinski definition) is 1. The Kier molecular flexibility index (Phi) is 11.2. The van der Waals surface area contributed by atoms with E-state index in [1.807, 2.05) is 30.3 Å². The normalized spacial score (nSPS) is 14.7. The minimum absolute atomic E-state index is 0.0104. The number of carbonyl (C=O) groups is 2. The van der Waals surface area contributed by atoms with Crippen molar-refractivity contribution >= 4 is 62.3 Å². The number of amides is 2. The number of rotatable bonds is 11. The molecule has 3 aromatic rings. The van der Waals surface area contributed by atoms with E-state index in [1.54, 1.807) is 36.4 Å². The monoisotopic (exact) mass is 649 g/mol. The van der Waals surface area contributed by atoms with E-state index in [1.165, 1.54) is 11.0 Å². The Balaban J connectivity index is 1.75. The number of benzene rings is 3. The zero-order valence-electron chi connectivity index (χ0n) is 23.3. The number of halogens is 3. The maximum absolute atomic E-state index is 14.2. The third-order valence-corrected chi connectivity index (χ3v) is 9.41. The number of nitrogens with zero attached hydrogens (tertiary/aromatic N) is 2. The van der Waals surface area contributed by atoms with Crippen LogP contribution in [0.15, 0.2) is 72.8 Å². The summed E-state index contributed by atoms with van der Waals surface area (Å²) in [6, 6.07) is 19.8. The molecule has 1 aliphatic rings. The molecule has 3 aromatic carbocycles. The fourth-order valence-electron chi connectivity index (χ4n) is 5.18. The summed E-state index contributed by atoms with van der Waals surface area (Å²) in [7, 11) is -3.93. The summed E-state index contributed by atoms with van der Waals surface area (Å²) in [6.45, 7) is -0.597. The molecule has 1 atom stereocenters. The minimum atomic E-state index is -3.93. The standard InChI is InChI=1S/C31H34Cl3N3O4S/c1-42(40,41)37(28-15-9-8-14-26(28)33)21-30(38)36(20-23-16-17-24(32)19-27(23)34)29(18-22-10-4-2-5-11-22)31(39)35-25-12-6-3-7-13-25/h2,4-5,8-11,14-17,19,25,29H,3,6-7,12-13,18,20-21H2,1H3,(H,35,39). The Bertz CT molecular complexity index is 1500. The van der Waals surface area contributed by atoms with Gasteiger partial charge in [-0.1, -0.05) is 103 Å². The molecule has 0 saturated heterocycles. The number of sulfonamides is 1. The van der Waals surface area contributed by atoms with Crippen LogP contribution in [0.1, 0.15) is 43.2 Å². The largest absolute Gasteiger partial charge is 0.352 e. The molecule has 2 amide bonds. The molecule has 0 aromatic heterocycles. The van der Waals surface area contributed by atoms with Gasteiger partial charge in [-0.2, -0.15) is 0 Å². The van der Waals surface area contributed by atoms with Crippen LogP contribution in [0.3, 0.4) is 0 Å². The first-order valence-electron chi connectivity index (χ1n) is 13.8. The molecule has 1 unspecified atom stereocenters. The second kappa shape index (κ2) is 14.6. The summed E-state index contributed by atoms with van der Waals surface area (Å²) < 4.78 is 26.8. The van der Waals surface area contributed by atoms with Gasteiger partial charge in [-0.25, -0.2) is 8.42 Å². The highest BCUT2D eigenvalue weighted by Crippen LogP contribution is 2.29. The van der Waals surface area contributed by atoms with Crippen molar-refractivity contribution < 1.29 is 18.0 Å². The molecule has 1 fully saturated rings. The van der Waals surface area contributed by atoms with Gasteiger partial charge in [0.15, 0.2) is 0 Å². The molecule has 224 valence electrons. The summed E-state index contributed by atoms with van der Waals surface area (Å²) in [5.74, 6) is -0.876. The lowest BCUT2D eigenvalue weighted by Gasteiger charge is -2.35. The summed E-state index contributed by atoms with van der Waals surface area (Å²) >= 11 is 19.0. The first-order valence-corrected chi connectivity index (χ1v) is 16.8. The fourth-order valence-corrected chi connectivity index (χ4v) is 6.80. The van der Waals surface area contributed by atoms with Gasteiger partial charge in [-0.3, -0.25) is 13.9 Å². The number of anilines is 1. The Morgan fingerprint density at radius 2 is 1.57 bits per heavy atom. The van der Waals surface area contributed by atoms with E-state index in [0.717, 1.165) is 48.2 Å². The van der Waals surface area contributed by atoms with Crippen molar-refractivity contribution in [2.24, 2.45) is 0 Å². The molecule has 1 N–H and O–H groups in total. The van der Waals surface area contributed by atoms with Crippen molar-refractivity contribution in [1.82, 2.24) is 10.2 Å². The van der Waals surface area contributed by atoms with E-state index in [9.17, 15) is 18.0 Å². The predicted molar refractivity (Wildman–Crippen MR) is 170 cm³/mol. The van der Waals surface area contributed by atoms with Crippen LogP contribution in [-0.4, -0.2) is 50.0 Å². The molecule has 4 rings (SSSR count). The zero-order valence-corrected chi connectivity index (χ0v) is 26.4. The fraction of sp³-hybridized carbons (Fsp3) is 0.355. The van der Waals surface area contributed by atoms with Crippen LogP contribution >= 0.6 is 34.8 Å². The van der Waals surface area contributed by atoms with Gasteiger partial charge in [0, 0.05) is 29.1 Å². The summed E-state index contributed by atoms with van der Waals surface area (Å²) in [5.41, 5.74) is 1.60. The van der Waals surface area contributed by atoms with E-state index < -0.39 is 28.5 Å². The number of nitrogens with one attached hydrogen (secondary N) is 1. The van der Waals surface area contributed by atoms with Crippen molar-refractivity contribution in [3.63, 3.8) is 0 Å². The molecule has 1 saturated carbocycles. The Labute approximate surface area is 262 Å².